The summed E-state index contributed by atoms with van der Waals surface area (Å²) in [6, 6.07) is 5.71. The van der Waals surface area contributed by atoms with Crippen LogP contribution in [0.25, 0.3) is 0 Å². The molecule has 3 heteroatoms. The Bertz CT molecular complexity index is 398. The standard InChI is InChI=1S/C13H16O3/c1-3-15-9(2)12(14)11-6-4-5-10-7-8-16-13(10)11/h4-6,9H,3,7-8H2,1-2H3. The van der Waals surface area contributed by atoms with Gasteiger partial charge in [-0.25, -0.2) is 0 Å². The van der Waals surface area contributed by atoms with Crippen LogP contribution in [0.1, 0.15) is 29.8 Å². The first-order chi connectivity index (χ1) is 7.74. The average molecular weight is 220 g/mol. The van der Waals surface area contributed by atoms with Gasteiger partial charge in [0.2, 0.25) is 0 Å². The molecular formula is C13H16O3. The zero-order chi connectivity index (χ0) is 11.5. The maximum absolute atomic E-state index is 12.1. The molecular weight excluding hydrogens is 204 g/mol. The van der Waals surface area contributed by atoms with Gasteiger partial charge in [0, 0.05) is 13.0 Å². The fourth-order valence-electron chi connectivity index (χ4n) is 1.95. The molecule has 1 atom stereocenters. The maximum atomic E-state index is 12.1. The number of ketones is 1. The van der Waals surface area contributed by atoms with E-state index in [2.05, 4.69) is 0 Å². The highest BCUT2D eigenvalue weighted by molar-refractivity contribution is 6.02. The van der Waals surface area contributed by atoms with Crippen LogP contribution in [0.3, 0.4) is 0 Å². The third-order valence-corrected chi connectivity index (χ3v) is 2.77. The molecule has 0 amide bonds. The summed E-state index contributed by atoms with van der Waals surface area (Å²) >= 11 is 0. The Morgan fingerprint density at radius 1 is 1.56 bits per heavy atom. The molecule has 86 valence electrons. The Hall–Kier alpha value is -1.35. The molecule has 0 fully saturated rings. The summed E-state index contributed by atoms with van der Waals surface area (Å²) in [5, 5.41) is 0. The molecule has 1 unspecified atom stereocenters. The van der Waals surface area contributed by atoms with Gasteiger partial charge in [-0.1, -0.05) is 12.1 Å². The molecule has 0 saturated carbocycles. The fraction of sp³-hybridized carbons (Fsp3) is 0.462. The van der Waals surface area contributed by atoms with Gasteiger partial charge in [0.25, 0.3) is 0 Å². The third-order valence-electron chi connectivity index (χ3n) is 2.77. The van der Waals surface area contributed by atoms with Crippen LogP contribution in [0, 0.1) is 0 Å². The fourth-order valence-corrected chi connectivity index (χ4v) is 1.95. The summed E-state index contributed by atoms with van der Waals surface area (Å²) in [5.41, 5.74) is 1.77. The van der Waals surface area contributed by atoms with E-state index in [-0.39, 0.29) is 5.78 Å². The first-order valence-electron chi connectivity index (χ1n) is 5.64. The van der Waals surface area contributed by atoms with Gasteiger partial charge < -0.3 is 9.47 Å². The average Bonchev–Trinajstić information content (AvgIpc) is 2.76. The van der Waals surface area contributed by atoms with Crippen molar-refractivity contribution in [2.45, 2.75) is 26.4 Å². The zero-order valence-corrected chi connectivity index (χ0v) is 9.66. The van der Waals surface area contributed by atoms with Gasteiger partial charge in [-0.15, -0.1) is 0 Å². The van der Waals surface area contributed by atoms with Crippen LogP contribution in [0.15, 0.2) is 18.2 Å². The van der Waals surface area contributed by atoms with E-state index in [1.807, 2.05) is 25.1 Å². The third kappa shape index (κ3) is 1.95. The lowest BCUT2D eigenvalue weighted by Crippen LogP contribution is -2.21. The molecule has 0 radical (unpaired) electrons. The molecule has 0 aliphatic carbocycles. The van der Waals surface area contributed by atoms with E-state index >= 15 is 0 Å². The van der Waals surface area contributed by atoms with Crippen LogP contribution < -0.4 is 4.74 Å². The van der Waals surface area contributed by atoms with E-state index in [1.54, 1.807) is 6.92 Å². The highest BCUT2D eigenvalue weighted by Gasteiger charge is 2.23. The Morgan fingerprint density at radius 3 is 3.12 bits per heavy atom. The number of fused-ring (bicyclic) bond motifs is 1. The highest BCUT2D eigenvalue weighted by Crippen LogP contribution is 2.30. The SMILES string of the molecule is CCOC(C)C(=O)c1cccc2c1OCC2. The largest absolute Gasteiger partial charge is 0.492 e. The number of carbonyl (C=O) groups is 1. The molecule has 2 rings (SSSR count). The predicted octanol–water partition coefficient (Wildman–Crippen LogP) is 2.23. The van der Waals surface area contributed by atoms with Gasteiger partial charge in [0.15, 0.2) is 5.78 Å². The maximum Gasteiger partial charge on any atom is 0.194 e. The van der Waals surface area contributed by atoms with Gasteiger partial charge >= 0.3 is 0 Å². The van der Waals surface area contributed by atoms with Crippen LogP contribution in [0.2, 0.25) is 0 Å². The van der Waals surface area contributed by atoms with Crippen molar-refractivity contribution in [2.75, 3.05) is 13.2 Å². The number of ether oxygens (including phenoxy) is 2. The summed E-state index contributed by atoms with van der Waals surface area (Å²) in [4.78, 5) is 12.1. The second-order valence-corrected chi connectivity index (χ2v) is 3.85. The van der Waals surface area contributed by atoms with Crippen molar-refractivity contribution in [2.24, 2.45) is 0 Å². The minimum atomic E-state index is -0.402. The second-order valence-electron chi connectivity index (χ2n) is 3.85. The van der Waals surface area contributed by atoms with Crippen LogP contribution in [0.4, 0.5) is 0 Å². The van der Waals surface area contributed by atoms with Crippen LogP contribution >= 0.6 is 0 Å². The second kappa shape index (κ2) is 4.66. The Kier molecular flexibility index (Phi) is 3.25. The van der Waals surface area contributed by atoms with Crippen LogP contribution in [-0.2, 0) is 11.2 Å². The molecule has 3 nitrogen and oxygen atoms in total. The topological polar surface area (TPSA) is 35.5 Å². The molecule has 0 aromatic heterocycles. The van der Waals surface area contributed by atoms with Gasteiger partial charge in [-0.05, 0) is 25.5 Å². The molecule has 1 aliphatic heterocycles. The monoisotopic (exact) mass is 220 g/mol. The minimum Gasteiger partial charge on any atom is -0.492 e. The van der Waals surface area contributed by atoms with E-state index < -0.39 is 6.10 Å². The predicted molar refractivity (Wildman–Crippen MR) is 61.1 cm³/mol. The number of rotatable bonds is 4. The number of hydrogen-bond acceptors (Lipinski definition) is 3. The van der Waals surface area contributed by atoms with Crippen molar-refractivity contribution in [1.82, 2.24) is 0 Å². The van der Waals surface area contributed by atoms with E-state index in [4.69, 9.17) is 9.47 Å². The molecule has 0 bridgehead atoms. The Morgan fingerprint density at radius 2 is 2.38 bits per heavy atom. The Labute approximate surface area is 95.4 Å². The van der Waals surface area contributed by atoms with Crippen molar-refractivity contribution < 1.29 is 14.3 Å². The van der Waals surface area contributed by atoms with Crippen LogP contribution in [-0.4, -0.2) is 25.1 Å². The quantitative estimate of drug-likeness (QED) is 0.730. The van der Waals surface area contributed by atoms with Gasteiger partial charge in [0.05, 0.1) is 12.2 Å². The van der Waals surface area contributed by atoms with Crippen molar-refractivity contribution in [1.29, 1.82) is 0 Å². The lowest BCUT2D eigenvalue weighted by molar-refractivity contribution is 0.0518. The van der Waals surface area contributed by atoms with Gasteiger partial charge in [-0.3, -0.25) is 4.79 Å². The summed E-state index contributed by atoms with van der Waals surface area (Å²) in [6.07, 6.45) is 0.486. The zero-order valence-electron chi connectivity index (χ0n) is 9.66. The Balaban J connectivity index is 2.27. The first kappa shape index (κ1) is 11.1. The molecule has 16 heavy (non-hydrogen) atoms. The summed E-state index contributed by atoms with van der Waals surface area (Å²) in [6.45, 7) is 4.88. The van der Waals surface area contributed by atoms with Crippen molar-refractivity contribution >= 4 is 5.78 Å². The lowest BCUT2D eigenvalue weighted by Gasteiger charge is -2.12. The summed E-state index contributed by atoms with van der Waals surface area (Å²) in [7, 11) is 0. The summed E-state index contributed by atoms with van der Waals surface area (Å²) < 4.78 is 10.8. The van der Waals surface area contributed by atoms with E-state index in [9.17, 15) is 4.79 Å². The molecule has 0 spiro atoms. The highest BCUT2D eigenvalue weighted by atomic mass is 16.5. The molecule has 0 N–H and O–H groups in total. The number of carbonyl (C=O) groups excluding carboxylic acids is 1. The van der Waals surface area contributed by atoms with Gasteiger partial charge in [-0.2, -0.15) is 0 Å². The van der Waals surface area contributed by atoms with E-state index in [0.29, 0.717) is 18.8 Å². The van der Waals surface area contributed by atoms with Crippen molar-refractivity contribution in [3.05, 3.63) is 29.3 Å². The van der Waals surface area contributed by atoms with E-state index in [0.717, 1.165) is 17.7 Å². The minimum absolute atomic E-state index is 0.000556. The number of Topliss-reactive ketones (excluding diaryl/α,β-unsaturated/α-hetero) is 1. The number of para-hydroxylation sites is 1. The molecule has 1 heterocycles. The smallest absolute Gasteiger partial charge is 0.194 e. The summed E-state index contributed by atoms with van der Waals surface area (Å²) in [5.74, 6) is 0.750. The first-order valence-corrected chi connectivity index (χ1v) is 5.64. The molecule has 1 aliphatic rings. The lowest BCUT2D eigenvalue weighted by atomic mass is 10.0. The van der Waals surface area contributed by atoms with Crippen molar-refractivity contribution in [3.8, 4) is 5.75 Å². The molecule has 1 aromatic rings. The van der Waals surface area contributed by atoms with E-state index in [1.165, 1.54) is 0 Å². The number of benzene rings is 1. The normalized spacial score (nSPS) is 15.4. The van der Waals surface area contributed by atoms with Crippen LogP contribution in [0.5, 0.6) is 5.75 Å². The van der Waals surface area contributed by atoms with Crippen molar-refractivity contribution in [3.63, 3.8) is 0 Å². The molecule has 0 saturated heterocycles. The number of hydrogen-bond donors (Lipinski definition) is 0. The van der Waals surface area contributed by atoms with Gasteiger partial charge in [0.1, 0.15) is 11.9 Å². The molecule has 1 aromatic carbocycles.